The van der Waals surface area contributed by atoms with Crippen LogP contribution in [-0.2, 0) is 11.2 Å². The largest absolute Gasteiger partial charge is 0.480 e. The van der Waals surface area contributed by atoms with Gasteiger partial charge in [0.2, 0.25) is 0 Å². The second-order valence-electron chi connectivity index (χ2n) is 4.35. The molecule has 6 nitrogen and oxygen atoms in total. The van der Waals surface area contributed by atoms with E-state index in [-0.39, 0.29) is 12.0 Å². The first-order chi connectivity index (χ1) is 9.66. The third kappa shape index (κ3) is 2.12. The molecule has 3 aromatic rings. The second kappa shape index (κ2) is 4.93. The highest BCUT2D eigenvalue weighted by molar-refractivity contribution is 7.14. The van der Waals surface area contributed by atoms with Crippen LogP contribution >= 0.6 is 11.5 Å². The zero-order valence-corrected chi connectivity index (χ0v) is 11.1. The van der Waals surface area contributed by atoms with Crippen molar-refractivity contribution in [2.24, 2.45) is 0 Å². The molecule has 0 saturated carbocycles. The first-order valence-corrected chi connectivity index (χ1v) is 6.75. The number of aromatic amines is 1. The van der Waals surface area contributed by atoms with Gasteiger partial charge in [-0.25, -0.2) is 13.7 Å². The van der Waals surface area contributed by atoms with E-state index < -0.39 is 12.0 Å². The summed E-state index contributed by atoms with van der Waals surface area (Å²) < 4.78 is 2.10. The summed E-state index contributed by atoms with van der Waals surface area (Å²) in [4.78, 5) is 30.5. The zero-order valence-electron chi connectivity index (χ0n) is 10.3. The molecule has 1 aromatic carbocycles. The average Bonchev–Trinajstić information content (AvgIpc) is 3.05. The van der Waals surface area contributed by atoms with Gasteiger partial charge in [-0.2, -0.15) is 0 Å². The summed E-state index contributed by atoms with van der Waals surface area (Å²) in [6, 6.07) is 6.19. The maximum absolute atomic E-state index is 12.3. The summed E-state index contributed by atoms with van der Waals surface area (Å²) in [5.41, 5.74) is 0.416. The van der Waals surface area contributed by atoms with Gasteiger partial charge in [-0.3, -0.25) is 4.79 Å². The van der Waals surface area contributed by atoms with E-state index >= 15 is 0 Å². The number of rotatable bonds is 4. The molecule has 20 heavy (non-hydrogen) atoms. The van der Waals surface area contributed by atoms with Gasteiger partial charge in [-0.15, -0.1) is 0 Å². The third-order valence-corrected chi connectivity index (χ3v) is 4.22. The van der Waals surface area contributed by atoms with E-state index in [0.29, 0.717) is 11.1 Å². The Labute approximate surface area is 117 Å². The predicted octanol–water partition coefficient (Wildman–Crippen LogP) is 1.65. The van der Waals surface area contributed by atoms with Crippen molar-refractivity contribution in [2.45, 2.75) is 12.5 Å². The molecule has 2 heterocycles. The molecule has 2 N–H and O–H groups in total. The van der Waals surface area contributed by atoms with Crippen LogP contribution in [0.3, 0.4) is 0 Å². The van der Waals surface area contributed by atoms with Crippen LogP contribution in [0, 0.1) is 0 Å². The number of carboxylic acids is 1. The molecule has 102 valence electrons. The lowest BCUT2D eigenvalue weighted by Gasteiger charge is -2.10. The summed E-state index contributed by atoms with van der Waals surface area (Å²) in [5.74, 6) is -1.03. The van der Waals surface area contributed by atoms with E-state index in [0.717, 1.165) is 4.70 Å². The molecule has 0 aliphatic heterocycles. The number of nitrogens with zero attached hydrogens (tertiary/aromatic N) is 2. The molecule has 0 saturated heterocycles. The fourth-order valence-corrected chi connectivity index (χ4v) is 3.15. The summed E-state index contributed by atoms with van der Waals surface area (Å²) >= 11 is 1.17. The molecule has 0 spiro atoms. The Balaban J connectivity index is 2.08. The standard InChI is InChI=1S/C13H11N3O3S/c17-12-9-3-1-2-4-11(9)20-16(12)10(13(18)19)5-8-6-14-7-15-8/h1-4,6-7,10H,5H2,(H,14,15)(H,18,19). The quantitative estimate of drug-likeness (QED) is 0.764. The SMILES string of the molecule is O=C(O)C(Cc1cnc[nH]1)n1sc2ccccc2c1=O. The van der Waals surface area contributed by atoms with E-state index in [1.807, 2.05) is 12.1 Å². The van der Waals surface area contributed by atoms with E-state index in [9.17, 15) is 14.7 Å². The maximum atomic E-state index is 12.3. The Morgan fingerprint density at radius 2 is 2.25 bits per heavy atom. The van der Waals surface area contributed by atoms with Crippen molar-refractivity contribution >= 4 is 27.6 Å². The lowest BCUT2D eigenvalue weighted by atomic mass is 10.2. The van der Waals surface area contributed by atoms with Gasteiger partial charge in [0, 0.05) is 18.3 Å². The number of carboxylic acid groups (broad SMARTS) is 1. The molecular weight excluding hydrogens is 278 g/mol. The number of fused-ring (bicyclic) bond motifs is 1. The molecule has 2 aromatic heterocycles. The van der Waals surface area contributed by atoms with Gasteiger partial charge in [0.05, 0.1) is 16.4 Å². The molecule has 0 aliphatic rings. The number of carbonyl (C=O) groups is 1. The molecular formula is C13H11N3O3S. The van der Waals surface area contributed by atoms with Crippen LogP contribution in [0.5, 0.6) is 0 Å². The molecule has 1 atom stereocenters. The van der Waals surface area contributed by atoms with Gasteiger partial charge in [-0.1, -0.05) is 23.7 Å². The summed E-state index contributed by atoms with van der Waals surface area (Å²) in [6.45, 7) is 0. The fourth-order valence-electron chi connectivity index (χ4n) is 2.07. The molecule has 0 fully saturated rings. The number of aromatic nitrogens is 3. The molecule has 3 rings (SSSR count). The third-order valence-electron chi connectivity index (χ3n) is 3.05. The van der Waals surface area contributed by atoms with Gasteiger partial charge in [0.1, 0.15) is 0 Å². The number of hydrogen-bond donors (Lipinski definition) is 2. The van der Waals surface area contributed by atoms with Gasteiger partial charge >= 0.3 is 5.97 Å². The highest BCUT2D eigenvalue weighted by Gasteiger charge is 2.24. The molecule has 1 unspecified atom stereocenters. The number of benzene rings is 1. The van der Waals surface area contributed by atoms with Gasteiger partial charge in [0.15, 0.2) is 6.04 Å². The van der Waals surface area contributed by atoms with Crippen LogP contribution in [0.1, 0.15) is 11.7 Å². The van der Waals surface area contributed by atoms with Crippen LogP contribution in [-0.4, -0.2) is 25.0 Å². The van der Waals surface area contributed by atoms with E-state index in [2.05, 4.69) is 9.97 Å². The van der Waals surface area contributed by atoms with Gasteiger partial charge < -0.3 is 10.1 Å². The lowest BCUT2D eigenvalue weighted by molar-refractivity contribution is -0.140. The van der Waals surface area contributed by atoms with Crippen LogP contribution in [0.2, 0.25) is 0 Å². The fraction of sp³-hybridized carbons (Fsp3) is 0.154. The second-order valence-corrected chi connectivity index (χ2v) is 5.37. The Kier molecular flexibility index (Phi) is 3.11. The molecule has 0 aliphatic carbocycles. The van der Waals surface area contributed by atoms with Crippen molar-refractivity contribution in [3.63, 3.8) is 0 Å². The van der Waals surface area contributed by atoms with Crippen molar-refractivity contribution in [1.29, 1.82) is 0 Å². The first-order valence-electron chi connectivity index (χ1n) is 5.97. The Hall–Kier alpha value is -2.41. The normalized spacial score (nSPS) is 12.6. The summed E-state index contributed by atoms with van der Waals surface area (Å²) in [7, 11) is 0. The number of imidazole rings is 1. The average molecular weight is 289 g/mol. The van der Waals surface area contributed by atoms with Gasteiger partial charge in [-0.05, 0) is 12.1 Å². The summed E-state index contributed by atoms with van der Waals surface area (Å²) in [6.07, 6.45) is 3.25. The highest BCUT2D eigenvalue weighted by Crippen LogP contribution is 2.21. The first kappa shape index (κ1) is 12.6. The lowest BCUT2D eigenvalue weighted by Crippen LogP contribution is -2.27. The minimum Gasteiger partial charge on any atom is -0.480 e. The summed E-state index contributed by atoms with van der Waals surface area (Å²) in [5, 5.41) is 9.94. The molecule has 0 radical (unpaired) electrons. The predicted molar refractivity (Wildman–Crippen MR) is 75.0 cm³/mol. The minimum absolute atomic E-state index is 0.196. The highest BCUT2D eigenvalue weighted by atomic mass is 32.1. The number of aliphatic carboxylic acids is 1. The topological polar surface area (TPSA) is 88.0 Å². The van der Waals surface area contributed by atoms with Crippen LogP contribution in [0.4, 0.5) is 0 Å². The van der Waals surface area contributed by atoms with Crippen LogP contribution in [0.15, 0.2) is 41.6 Å². The van der Waals surface area contributed by atoms with E-state index in [1.165, 1.54) is 21.8 Å². The Morgan fingerprint density at radius 1 is 1.45 bits per heavy atom. The number of nitrogens with one attached hydrogen (secondary N) is 1. The number of hydrogen-bond acceptors (Lipinski definition) is 4. The maximum Gasteiger partial charge on any atom is 0.328 e. The smallest absolute Gasteiger partial charge is 0.328 e. The van der Waals surface area contributed by atoms with Crippen LogP contribution < -0.4 is 5.56 Å². The van der Waals surface area contributed by atoms with Crippen molar-refractivity contribution in [1.82, 2.24) is 13.9 Å². The molecule has 7 heteroatoms. The molecule has 0 bridgehead atoms. The Bertz CT molecular complexity index is 804. The monoisotopic (exact) mass is 289 g/mol. The zero-order chi connectivity index (χ0) is 14.1. The van der Waals surface area contributed by atoms with Crippen molar-refractivity contribution in [3.05, 3.63) is 52.8 Å². The van der Waals surface area contributed by atoms with E-state index in [4.69, 9.17) is 0 Å². The number of H-pyrrole nitrogens is 1. The van der Waals surface area contributed by atoms with Crippen LogP contribution in [0.25, 0.3) is 10.1 Å². The van der Waals surface area contributed by atoms with Crippen molar-refractivity contribution in [2.75, 3.05) is 0 Å². The van der Waals surface area contributed by atoms with Crippen molar-refractivity contribution < 1.29 is 9.90 Å². The van der Waals surface area contributed by atoms with Gasteiger partial charge in [0.25, 0.3) is 5.56 Å². The van der Waals surface area contributed by atoms with Crippen molar-refractivity contribution in [3.8, 4) is 0 Å². The minimum atomic E-state index is -1.03. The Morgan fingerprint density at radius 3 is 2.90 bits per heavy atom. The van der Waals surface area contributed by atoms with E-state index in [1.54, 1.807) is 18.3 Å². The molecule has 0 amide bonds.